The number of aromatic nitrogens is 1. The summed E-state index contributed by atoms with van der Waals surface area (Å²) in [4.78, 5) is 7.40. The number of hydrogen-bond acceptors (Lipinski definition) is 4. The first kappa shape index (κ1) is 14.0. The molecule has 0 amide bonds. The Bertz CT molecular complexity index is 510. The zero-order valence-electron chi connectivity index (χ0n) is 11.9. The van der Waals surface area contributed by atoms with Crippen LogP contribution in [0.25, 0.3) is 10.2 Å². The van der Waals surface area contributed by atoms with Gasteiger partial charge in [-0.1, -0.05) is 12.1 Å². The van der Waals surface area contributed by atoms with Crippen molar-refractivity contribution in [2.24, 2.45) is 5.73 Å². The molecule has 20 heavy (non-hydrogen) atoms. The molecule has 1 aromatic heterocycles. The molecule has 0 saturated carbocycles. The van der Waals surface area contributed by atoms with E-state index in [1.165, 1.54) is 48.6 Å². The summed E-state index contributed by atoms with van der Waals surface area (Å²) in [6.45, 7) is 4.46. The maximum Gasteiger partial charge on any atom is 0.0970 e. The molecule has 0 unspecified atom stereocenters. The van der Waals surface area contributed by atoms with Crippen LogP contribution >= 0.6 is 11.3 Å². The lowest BCUT2D eigenvalue weighted by molar-refractivity contribution is 0.209. The van der Waals surface area contributed by atoms with E-state index >= 15 is 0 Å². The summed E-state index contributed by atoms with van der Waals surface area (Å²) < 4.78 is 1.33. The number of unbranched alkanes of at least 4 members (excludes halogenated alkanes) is 1. The average molecular weight is 289 g/mol. The van der Waals surface area contributed by atoms with Gasteiger partial charge >= 0.3 is 0 Å². The number of likely N-dealkylation sites (tertiary alicyclic amines) is 1. The number of fused-ring (bicyclic) bond motifs is 1. The lowest BCUT2D eigenvalue weighted by Gasteiger charge is -2.30. The molecule has 108 valence electrons. The third kappa shape index (κ3) is 3.19. The second kappa shape index (κ2) is 6.66. The van der Waals surface area contributed by atoms with E-state index in [2.05, 4.69) is 29.2 Å². The molecule has 0 spiro atoms. The Morgan fingerprint density at radius 1 is 1.20 bits per heavy atom. The summed E-state index contributed by atoms with van der Waals surface area (Å²) in [6.07, 6.45) is 4.89. The summed E-state index contributed by atoms with van der Waals surface area (Å²) in [6, 6.07) is 8.48. The quantitative estimate of drug-likeness (QED) is 0.859. The van der Waals surface area contributed by atoms with E-state index in [0.717, 1.165) is 18.5 Å². The summed E-state index contributed by atoms with van der Waals surface area (Å²) in [5.41, 5.74) is 6.72. The van der Waals surface area contributed by atoms with Crippen molar-refractivity contribution in [1.82, 2.24) is 9.88 Å². The maximum absolute atomic E-state index is 5.55. The van der Waals surface area contributed by atoms with Gasteiger partial charge in [0.2, 0.25) is 0 Å². The van der Waals surface area contributed by atoms with Crippen LogP contribution in [0.4, 0.5) is 0 Å². The zero-order valence-corrected chi connectivity index (χ0v) is 12.7. The molecule has 0 bridgehead atoms. The summed E-state index contributed by atoms with van der Waals surface area (Å²) >= 11 is 1.88. The molecule has 0 atom stereocenters. The molecular weight excluding hydrogens is 266 g/mol. The third-order valence-corrected chi connectivity index (χ3v) is 5.37. The Labute approximate surface area is 124 Å². The highest BCUT2D eigenvalue weighted by Gasteiger charge is 2.22. The number of benzene rings is 1. The van der Waals surface area contributed by atoms with E-state index in [0.29, 0.717) is 5.92 Å². The molecule has 1 aliphatic rings. The SMILES string of the molecule is NCCCCN1CCC(c2nc3ccccc3s2)CC1. The van der Waals surface area contributed by atoms with Crippen LogP contribution < -0.4 is 5.73 Å². The Morgan fingerprint density at radius 2 is 2.00 bits per heavy atom. The van der Waals surface area contributed by atoms with Gasteiger partial charge in [-0.2, -0.15) is 0 Å². The Morgan fingerprint density at radius 3 is 2.75 bits per heavy atom. The molecule has 3 rings (SSSR count). The highest BCUT2D eigenvalue weighted by atomic mass is 32.1. The van der Waals surface area contributed by atoms with E-state index in [-0.39, 0.29) is 0 Å². The van der Waals surface area contributed by atoms with Crippen molar-refractivity contribution in [2.75, 3.05) is 26.2 Å². The largest absolute Gasteiger partial charge is 0.330 e. The predicted molar refractivity (Wildman–Crippen MR) is 86.3 cm³/mol. The number of nitrogens with two attached hydrogens (primary N) is 1. The van der Waals surface area contributed by atoms with Crippen LogP contribution in [-0.2, 0) is 0 Å². The molecule has 1 fully saturated rings. The normalized spacial score (nSPS) is 17.9. The Kier molecular flexibility index (Phi) is 4.65. The van der Waals surface area contributed by atoms with Gasteiger partial charge in [0.1, 0.15) is 0 Å². The first-order chi connectivity index (χ1) is 9.86. The van der Waals surface area contributed by atoms with Crippen molar-refractivity contribution in [1.29, 1.82) is 0 Å². The number of nitrogens with zero attached hydrogens (tertiary/aromatic N) is 2. The van der Waals surface area contributed by atoms with Crippen LogP contribution in [0.2, 0.25) is 0 Å². The van der Waals surface area contributed by atoms with Crippen molar-refractivity contribution >= 4 is 21.6 Å². The van der Waals surface area contributed by atoms with E-state index < -0.39 is 0 Å². The second-order valence-corrected chi connectivity index (χ2v) is 6.69. The lowest BCUT2D eigenvalue weighted by atomic mass is 9.97. The minimum Gasteiger partial charge on any atom is -0.330 e. The third-order valence-electron chi connectivity index (χ3n) is 4.18. The van der Waals surface area contributed by atoms with Crippen molar-refractivity contribution in [3.8, 4) is 0 Å². The Balaban J connectivity index is 1.57. The number of thiazole rings is 1. The van der Waals surface area contributed by atoms with Crippen LogP contribution in [0, 0.1) is 0 Å². The van der Waals surface area contributed by atoms with E-state index in [1.807, 2.05) is 11.3 Å². The molecule has 1 saturated heterocycles. The van der Waals surface area contributed by atoms with Crippen LogP contribution in [0.3, 0.4) is 0 Å². The Hall–Kier alpha value is -0.970. The van der Waals surface area contributed by atoms with Gasteiger partial charge in [0, 0.05) is 5.92 Å². The molecule has 2 aromatic rings. The molecule has 2 N–H and O–H groups in total. The number of hydrogen-bond donors (Lipinski definition) is 1. The van der Waals surface area contributed by atoms with Gasteiger partial charge in [-0.25, -0.2) is 4.98 Å². The molecular formula is C16H23N3S. The predicted octanol–water partition coefficient (Wildman–Crippen LogP) is 3.21. The number of piperidine rings is 1. The van der Waals surface area contributed by atoms with Gasteiger partial charge in [0.15, 0.2) is 0 Å². The van der Waals surface area contributed by atoms with Crippen LogP contribution in [0.15, 0.2) is 24.3 Å². The van der Waals surface area contributed by atoms with Crippen LogP contribution in [0.1, 0.15) is 36.6 Å². The molecule has 1 aliphatic heterocycles. The highest BCUT2D eigenvalue weighted by Crippen LogP contribution is 2.33. The van der Waals surface area contributed by atoms with Crippen molar-refractivity contribution < 1.29 is 0 Å². The van der Waals surface area contributed by atoms with Crippen molar-refractivity contribution in [3.63, 3.8) is 0 Å². The smallest absolute Gasteiger partial charge is 0.0970 e. The standard InChI is InChI=1S/C16H23N3S/c17-9-3-4-10-19-11-7-13(8-12-19)16-18-14-5-1-2-6-15(14)20-16/h1-2,5-6,13H,3-4,7-12,17H2. The van der Waals surface area contributed by atoms with Crippen LogP contribution in [-0.4, -0.2) is 36.1 Å². The average Bonchev–Trinajstić information content (AvgIpc) is 2.92. The fourth-order valence-corrected chi connectivity index (χ4v) is 4.08. The van der Waals surface area contributed by atoms with Crippen molar-refractivity contribution in [3.05, 3.63) is 29.3 Å². The van der Waals surface area contributed by atoms with Gasteiger partial charge in [-0.3, -0.25) is 0 Å². The van der Waals surface area contributed by atoms with Gasteiger partial charge in [0.05, 0.1) is 15.2 Å². The minimum atomic E-state index is 0.665. The fourth-order valence-electron chi connectivity index (χ4n) is 2.95. The van der Waals surface area contributed by atoms with E-state index in [1.54, 1.807) is 0 Å². The van der Waals surface area contributed by atoms with E-state index in [4.69, 9.17) is 10.7 Å². The maximum atomic E-state index is 5.55. The summed E-state index contributed by atoms with van der Waals surface area (Å²) in [7, 11) is 0. The molecule has 3 nitrogen and oxygen atoms in total. The topological polar surface area (TPSA) is 42.1 Å². The number of para-hydroxylation sites is 1. The second-order valence-electron chi connectivity index (χ2n) is 5.63. The highest BCUT2D eigenvalue weighted by molar-refractivity contribution is 7.18. The molecule has 0 aliphatic carbocycles. The van der Waals surface area contributed by atoms with Gasteiger partial charge in [-0.05, 0) is 64.0 Å². The molecule has 1 aromatic carbocycles. The summed E-state index contributed by atoms with van der Waals surface area (Å²) in [5, 5.41) is 1.34. The van der Waals surface area contributed by atoms with E-state index in [9.17, 15) is 0 Å². The molecule has 0 radical (unpaired) electrons. The van der Waals surface area contributed by atoms with Crippen LogP contribution in [0.5, 0.6) is 0 Å². The summed E-state index contributed by atoms with van der Waals surface area (Å²) in [5.74, 6) is 0.665. The van der Waals surface area contributed by atoms with Gasteiger partial charge < -0.3 is 10.6 Å². The fraction of sp³-hybridized carbons (Fsp3) is 0.562. The van der Waals surface area contributed by atoms with Gasteiger partial charge in [0.25, 0.3) is 0 Å². The minimum absolute atomic E-state index is 0.665. The van der Waals surface area contributed by atoms with Crippen molar-refractivity contribution in [2.45, 2.75) is 31.6 Å². The monoisotopic (exact) mass is 289 g/mol. The first-order valence-electron chi connectivity index (χ1n) is 7.64. The molecule has 4 heteroatoms. The molecule has 2 heterocycles. The van der Waals surface area contributed by atoms with Gasteiger partial charge in [-0.15, -0.1) is 11.3 Å². The number of rotatable bonds is 5. The lowest BCUT2D eigenvalue weighted by Crippen LogP contribution is -2.33. The first-order valence-corrected chi connectivity index (χ1v) is 8.46. The zero-order chi connectivity index (χ0) is 13.8.